The van der Waals surface area contributed by atoms with Gasteiger partial charge in [0.2, 0.25) is 0 Å². The Bertz CT molecular complexity index is 894. The van der Waals surface area contributed by atoms with Crippen LogP contribution in [-0.2, 0) is 5.41 Å². The second kappa shape index (κ2) is 8.79. The lowest BCUT2D eigenvalue weighted by atomic mass is 9.84. The smallest absolute Gasteiger partial charge is 0.376 e. The molecule has 0 aliphatic rings. The summed E-state index contributed by atoms with van der Waals surface area (Å²) in [6.45, 7) is 6.80. The summed E-state index contributed by atoms with van der Waals surface area (Å²) in [6.07, 6.45) is -4.32. The molecular formula is C20H27F3N4OS. The highest BCUT2D eigenvalue weighted by atomic mass is 32.1. The van der Waals surface area contributed by atoms with Crippen molar-refractivity contribution in [3.63, 3.8) is 0 Å². The van der Waals surface area contributed by atoms with Gasteiger partial charge in [0.15, 0.2) is 0 Å². The van der Waals surface area contributed by atoms with Gasteiger partial charge in [-0.25, -0.2) is 4.98 Å². The van der Waals surface area contributed by atoms with Crippen LogP contribution in [0.15, 0.2) is 18.2 Å². The van der Waals surface area contributed by atoms with Crippen molar-refractivity contribution < 1.29 is 18.0 Å². The molecule has 1 aromatic carbocycles. The number of fused-ring (bicyclic) bond motifs is 1. The Morgan fingerprint density at radius 2 is 1.90 bits per heavy atom. The number of nitrogens with two attached hydrogens (primary N) is 1. The highest BCUT2D eigenvalue weighted by Gasteiger charge is 2.27. The average molecular weight is 429 g/mol. The summed E-state index contributed by atoms with van der Waals surface area (Å²) >= 11 is 4.09. The monoisotopic (exact) mass is 428 g/mol. The van der Waals surface area contributed by atoms with E-state index in [1.54, 1.807) is 25.1 Å². The van der Waals surface area contributed by atoms with Crippen LogP contribution in [0.4, 0.5) is 18.9 Å². The molecule has 0 aliphatic carbocycles. The van der Waals surface area contributed by atoms with Crippen LogP contribution in [0.2, 0.25) is 0 Å². The molecule has 2 aromatic rings. The van der Waals surface area contributed by atoms with Gasteiger partial charge in [0.1, 0.15) is 12.2 Å². The standard InChI is InChI=1S/C20H27F3N4OS/c1-11-5-16(18(28)25-8-12(24)9-29)27-17-14(11)6-13(26-10-20(21,22)23)7-15(17)19(2,3)4/h5-7,12,26,29H,8-10,24H2,1-4H3,(H,25,28). The van der Waals surface area contributed by atoms with Crippen molar-refractivity contribution in [2.45, 2.75) is 45.3 Å². The Labute approximate surface area is 174 Å². The first-order chi connectivity index (χ1) is 13.3. The fourth-order valence-electron chi connectivity index (χ4n) is 2.86. The number of thiol groups is 1. The van der Waals surface area contributed by atoms with Crippen molar-refractivity contribution >= 4 is 35.1 Å². The first-order valence-electron chi connectivity index (χ1n) is 9.23. The number of anilines is 1. The van der Waals surface area contributed by atoms with Gasteiger partial charge in [0.25, 0.3) is 5.91 Å². The molecule has 29 heavy (non-hydrogen) atoms. The minimum absolute atomic E-state index is 0.239. The maximum Gasteiger partial charge on any atom is 0.405 e. The highest BCUT2D eigenvalue weighted by Crippen LogP contribution is 2.34. The van der Waals surface area contributed by atoms with Crippen LogP contribution in [-0.4, -0.2) is 42.0 Å². The molecule has 5 nitrogen and oxygen atoms in total. The van der Waals surface area contributed by atoms with Gasteiger partial charge in [0, 0.05) is 29.4 Å². The van der Waals surface area contributed by atoms with Crippen LogP contribution in [0.3, 0.4) is 0 Å². The SMILES string of the molecule is Cc1cc(C(=O)NCC(N)CS)nc2c(C(C)(C)C)cc(NCC(F)(F)F)cc12. The number of aryl methyl sites for hydroxylation is 1. The minimum Gasteiger partial charge on any atom is -0.376 e. The number of carbonyl (C=O) groups excluding carboxylic acids is 1. The van der Waals surface area contributed by atoms with E-state index in [1.165, 1.54) is 0 Å². The fraction of sp³-hybridized carbons (Fsp3) is 0.500. The van der Waals surface area contributed by atoms with Crippen LogP contribution < -0.4 is 16.4 Å². The highest BCUT2D eigenvalue weighted by molar-refractivity contribution is 7.80. The molecule has 0 saturated carbocycles. The van der Waals surface area contributed by atoms with Crippen molar-refractivity contribution in [3.05, 3.63) is 35.0 Å². The van der Waals surface area contributed by atoms with E-state index in [0.29, 0.717) is 22.3 Å². The number of benzene rings is 1. The third kappa shape index (κ3) is 6.24. The van der Waals surface area contributed by atoms with Crippen molar-refractivity contribution in [1.82, 2.24) is 10.3 Å². The van der Waals surface area contributed by atoms with E-state index in [1.807, 2.05) is 20.8 Å². The lowest BCUT2D eigenvalue weighted by molar-refractivity contribution is -0.115. The summed E-state index contributed by atoms with van der Waals surface area (Å²) in [5.74, 6) is 0.0816. The summed E-state index contributed by atoms with van der Waals surface area (Å²) < 4.78 is 37.9. The van der Waals surface area contributed by atoms with E-state index in [4.69, 9.17) is 5.73 Å². The number of halogens is 3. The van der Waals surface area contributed by atoms with Crippen LogP contribution in [0.25, 0.3) is 10.9 Å². The second-order valence-corrected chi connectivity index (χ2v) is 8.48. The van der Waals surface area contributed by atoms with E-state index < -0.39 is 18.1 Å². The molecule has 1 aromatic heterocycles. The average Bonchev–Trinajstić information content (AvgIpc) is 2.62. The Kier molecular flexibility index (Phi) is 7.06. The molecule has 0 spiro atoms. The molecule has 1 atom stereocenters. The Morgan fingerprint density at radius 1 is 1.24 bits per heavy atom. The maximum atomic E-state index is 12.6. The third-order valence-corrected chi connectivity index (χ3v) is 4.88. The number of nitrogens with zero attached hydrogens (tertiary/aromatic N) is 1. The first-order valence-corrected chi connectivity index (χ1v) is 9.86. The Hall–Kier alpha value is -2.00. The van der Waals surface area contributed by atoms with Gasteiger partial charge in [-0.2, -0.15) is 25.8 Å². The Balaban J connectivity index is 2.51. The minimum atomic E-state index is -4.32. The summed E-state index contributed by atoms with van der Waals surface area (Å²) in [5.41, 5.74) is 8.09. The van der Waals surface area contributed by atoms with Crippen molar-refractivity contribution in [2.75, 3.05) is 24.2 Å². The zero-order chi connectivity index (χ0) is 22.0. The summed E-state index contributed by atoms with van der Waals surface area (Å²) in [6, 6.07) is 4.66. The van der Waals surface area contributed by atoms with Gasteiger partial charge in [-0.05, 0) is 41.7 Å². The number of hydrogen-bond acceptors (Lipinski definition) is 5. The molecule has 1 unspecified atom stereocenters. The lowest BCUT2D eigenvalue weighted by Crippen LogP contribution is -2.38. The molecule has 0 fully saturated rings. The predicted molar refractivity (Wildman–Crippen MR) is 114 cm³/mol. The molecule has 4 N–H and O–H groups in total. The van der Waals surface area contributed by atoms with E-state index in [0.717, 1.165) is 11.1 Å². The second-order valence-electron chi connectivity index (χ2n) is 8.12. The van der Waals surface area contributed by atoms with Crippen molar-refractivity contribution in [3.8, 4) is 0 Å². The number of aromatic nitrogens is 1. The van der Waals surface area contributed by atoms with E-state index in [-0.39, 0.29) is 24.2 Å². The first kappa shape index (κ1) is 23.3. The van der Waals surface area contributed by atoms with Crippen molar-refractivity contribution in [2.24, 2.45) is 5.73 Å². The predicted octanol–water partition coefficient (Wildman–Crippen LogP) is 3.80. The molecule has 0 bridgehead atoms. The van der Waals surface area contributed by atoms with Gasteiger partial charge in [-0.3, -0.25) is 4.79 Å². The number of rotatable bonds is 6. The zero-order valence-corrected chi connectivity index (χ0v) is 17.8. The molecule has 9 heteroatoms. The van der Waals surface area contributed by atoms with Crippen molar-refractivity contribution in [1.29, 1.82) is 0 Å². The fourth-order valence-corrected chi connectivity index (χ4v) is 2.99. The lowest BCUT2D eigenvalue weighted by Gasteiger charge is -2.23. The van der Waals surface area contributed by atoms with Gasteiger partial charge < -0.3 is 16.4 Å². The molecule has 0 aliphatic heterocycles. The number of amides is 1. The molecule has 0 radical (unpaired) electrons. The normalized spacial score (nSPS) is 13.4. The summed E-state index contributed by atoms with van der Waals surface area (Å²) in [5, 5.41) is 5.87. The number of alkyl halides is 3. The van der Waals surface area contributed by atoms with Crippen LogP contribution in [0.5, 0.6) is 0 Å². The molecular weight excluding hydrogens is 401 g/mol. The maximum absolute atomic E-state index is 12.6. The Morgan fingerprint density at radius 3 is 2.45 bits per heavy atom. The van der Waals surface area contributed by atoms with Gasteiger partial charge >= 0.3 is 6.18 Å². The largest absolute Gasteiger partial charge is 0.405 e. The molecule has 1 heterocycles. The number of nitrogens with one attached hydrogen (secondary N) is 2. The van der Waals surface area contributed by atoms with Gasteiger partial charge in [0.05, 0.1) is 5.52 Å². The van der Waals surface area contributed by atoms with Crippen LogP contribution >= 0.6 is 12.6 Å². The summed E-state index contributed by atoms with van der Waals surface area (Å²) in [4.78, 5) is 17.0. The molecule has 1 amide bonds. The van der Waals surface area contributed by atoms with Gasteiger partial charge in [-0.1, -0.05) is 20.8 Å². The van der Waals surface area contributed by atoms with E-state index in [2.05, 4.69) is 28.2 Å². The van der Waals surface area contributed by atoms with E-state index in [9.17, 15) is 18.0 Å². The zero-order valence-electron chi connectivity index (χ0n) is 16.9. The molecule has 2 rings (SSSR count). The summed E-state index contributed by atoms with van der Waals surface area (Å²) in [7, 11) is 0. The quantitative estimate of drug-likeness (QED) is 0.528. The van der Waals surface area contributed by atoms with Crippen LogP contribution in [0, 0.1) is 6.92 Å². The van der Waals surface area contributed by atoms with Crippen LogP contribution in [0.1, 0.15) is 42.4 Å². The van der Waals surface area contributed by atoms with E-state index >= 15 is 0 Å². The number of carbonyl (C=O) groups is 1. The number of pyridine rings is 1. The third-order valence-electron chi connectivity index (χ3n) is 4.41. The van der Waals surface area contributed by atoms with Gasteiger partial charge in [-0.15, -0.1) is 0 Å². The number of hydrogen-bond donors (Lipinski definition) is 4. The molecule has 160 valence electrons. The molecule has 0 saturated heterocycles. The topological polar surface area (TPSA) is 80.0 Å².